The van der Waals surface area contributed by atoms with Gasteiger partial charge in [0.1, 0.15) is 5.69 Å². The van der Waals surface area contributed by atoms with E-state index in [0.29, 0.717) is 5.69 Å². The van der Waals surface area contributed by atoms with Crippen LogP contribution in [0.5, 0.6) is 0 Å². The zero-order valence-electron chi connectivity index (χ0n) is 13.2. The maximum absolute atomic E-state index is 12.4. The van der Waals surface area contributed by atoms with E-state index in [2.05, 4.69) is 43.1 Å². The molecule has 5 heteroatoms. The summed E-state index contributed by atoms with van der Waals surface area (Å²) in [6.45, 7) is 8.41. The normalized spacial score (nSPS) is 18.2. The van der Waals surface area contributed by atoms with Crippen molar-refractivity contribution in [1.29, 1.82) is 0 Å². The molecule has 1 amide bonds. The van der Waals surface area contributed by atoms with Crippen LogP contribution >= 0.6 is 0 Å². The Morgan fingerprint density at radius 1 is 1.30 bits per heavy atom. The number of rotatable bonds is 2. The van der Waals surface area contributed by atoms with Crippen LogP contribution in [-0.2, 0) is 12.5 Å². The summed E-state index contributed by atoms with van der Waals surface area (Å²) in [5, 5.41) is 7.59. The maximum atomic E-state index is 12.4. The fraction of sp³-hybridized carbons (Fsp3) is 0.733. The maximum Gasteiger partial charge on any atom is 0.269 e. The molecule has 1 aliphatic heterocycles. The van der Waals surface area contributed by atoms with E-state index >= 15 is 0 Å². The molecule has 1 saturated heterocycles. The van der Waals surface area contributed by atoms with Gasteiger partial charge in [-0.2, -0.15) is 5.10 Å². The molecule has 2 heterocycles. The molecule has 0 saturated carbocycles. The first-order valence-electron chi connectivity index (χ1n) is 7.31. The minimum atomic E-state index is -0.0379. The van der Waals surface area contributed by atoms with Gasteiger partial charge in [0.2, 0.25) is 0 Å². The first-order valence-corrected chi connectivity index (χ1v) is 7.31. The lowest BCUT2D eigenvalue weighted by Gasteiger charge is -2.29. The fourth-order valence-corrected chi connectivity index (χ4v) is 2.46. The van der Waals surface area contributed by atoms with E-state index in [1.807, 2.05) is 13.1 Å². The molecule has 5 nitrogen and oxygen atoms in total. The number of likely N-dealkylation sites (tertiary alicyclic amines) is 1. The molecule has 0 radical (unpaired) electrons. The van der Waals surface area contributed by atoms with Gasteiger partial charge in [-0.3, -0.25) is 9.48 Å². The summed E-state index contributed by atoms with van der Waals surface area (Å²) in [6, 6.07) is 2.19. The lowest BCUT2D eigenvalue weighted by Crippen LogP contribution is -2.43. The number of nitrogens with zero attached hydrogens (tertiary/aromatic N) is 3. The van der Waals surface area contributed by atoms with Crippen molar-refractivity contribution in [3.8, 4) is 0 Å². The summed E-state index contributed by atoms with van der Waals surface area (Å²) >= 11 is 0. The zero-order valence-corrected chi connectivity index (χ0v) is 13.2. The highest BCUT2D eigenvalue weighted by molar-refractivity contribution is 5.92. The standard InChI is InChI=1S/C15H26N4O/c1-15(2,3)13-10-12(19(5)17-13)14(20)16-11-6-8-18(4)9-7-11/h10-11H,6-9H2,1-5H3,(H,16,20). The molecule has 112 valence electrons. The van der Waals surface area contributed by atoms with Crippen LogP contribution < -0.4 is 5.32 Å². The highest BCUT2D eigenvalue weighted by Crippen LogP contribution is 2.21. The second-order valence-corrected chi connectivity index (χ2v) is 6.84. The van der Waals surface area contributed by atoms with Crippen molar-refractivity contribution in [2.75, 3.05) is 20.1 Å². The SMILES string of the molecule is CN1CCC(NC(=O)c2cc(C(C)(C)C)nn2C)CC1. The van der Waals surface area contributed by atoms with Crippen LogP contribution in [0.4, 0.5) is 0 Å². The number of hydrogen-bond acceptors (Lipinski definition) is 3. The Labute approximate surface area is 121 Å². The fourth-order valence-electron chi connectivity index (χ4n) is 2.46. The van der Waals surface area contributed by atoms with Crippen LogP contribution in [-0.4, -0.2) is 46.8 Å². The third-order valence-electron chi connectivity index (χ3n) is 3.93. The predicted molar refractivity (Wildman–Crippen MR) is 79.9 cm³/mol. The smallest absolute Gasteiger partial charge is 0.269 e. The lowest BCUT2D eigenvalue weighted by atomic mass is 9.92. The molecule has 0 bridgehead atoms. The highest BCUT2D eigenvalue weighted by atomic mass is 16.2. The van der Waals surface area contributed by atoms with Gasteiger partial charge in [0, 0.05) is 18.5 Å². The zero-order chi connectivity index (χ0) is 14.9. The topological polar surface area (TPSA) is 50.2 Å². The number of aryl methyl sites for hydroxylation is 1. The van der Waals surface area contributed by atoms with Gasteiger partial charge in [0.25, 0.3) is 5.91 Å². The van der Waals surface area contributed by atoms with Crippen molar-refractivity contribution in [3.63, 3.8) is 0 Å². The van der Waals surface area contributed by atoms with Crippen molar-refractivity contribution in [3.05, 3.63) is 17.5 Å². The number of carbonyl (C=O) groups is 1. The number of amides is 1. The van der Waals surface area contributed by atoms with Gasteiger partial charge in [0.05, 0.1) is 5.69 Å². The van der Waals surface area contributed by atoms with E-state index in [1.54, 1.807) is 4.68 Å². The lowest BCUT2D eigenvalue weighted by molar-refractivity contribution is 0.0907. The Kier molecular flexibility index (Phi) is 4.18. The Bertz CT molecular complexity index is 479. The molecule has 0 unspecified atom stereocenters. The van der Waals surface area contributed by atoms with E-state index in [-0.39, 0.29) is 17.4 Å². The molecular formula is C15H26N4O. The molecule has 0 spiro atoms. The van der Waals surface area contributed by atoms with Gasteiger partial charge in [-0.05, 0) is 39.0 Å². The Hall–Kier alpha value is -1.36. The van der Waals surface area contributed by atoms with E-state index in [0.717, 1.165) is 31.6 Å². The third-order valence-corrected chi connectivity index (χ3v) is 3.93. The summed E-state index contributed by atoms with van der Waals surface area (Å²) in [5.41, 5.74) is 1.56. The third kappa shape index (κ3) is 3.39. The molecule has 20 heavy (non-hydrogen) atoms. The Morgan fingerprint density at radius 2 is 1.90 bits per heavy atom. The van der Waals surface area contributed by atoms with Crippen LogP contribution in [0.25, 0.3) is 0 Å². The average Bonchev–Trinajstić information content (AvgIpc) is 2.74. The molecule has 1 aromatic heterocycles. The van der Waals surface area contributed by atoms with Gasteiger partial charge >= 0.3 is 0 Å². The second kappa shape index (κ2) is 5.56. The number of aromatic nitrogens is 2. The molecule has 1 N–H and O–H groups in total. The Morgan fingerprint density at radius 3 is 2.40 bits per heavy atom. The number of piperidine rings is 1. The van der Waals surface area contributed by atoms with Crippen molar-refractivity contribution >= 4 is 5.91 Å². The van der Waals surface area contributed by atoms with E-state index in [1.165, 1.54) is 0 Å². The van der Waals surface area contributed by atoms with Gasteiger partial charge in [-0.1, -0.05) is 20.8 Å². The summed E-state index contributed by atoms with van der Waals surface area (Å²) < 4.78 is 1.69. The molecule has 0 atom stereocenters. The van der Waals surface area contributed by atoms with E-state index in [4.69, 9.17) is 0 Å². The molecule has 1 fully saturated rings. The van der Waals surface area contributed by atoms with E-state index in [9.17, 15) is 4.79 Å². The van der Waals surface area contributed by atoms with Crippen molar-refractivity contribution in [2.45, 2.75) is 45.1 Å². The van der Waals surface area contributed by atoms with E-state index < -0.39 is 0 Å². The van der Waals surface area contributed by atoms with Crippen LogP contribution in [0.2, 0.25) is 0 Å². The first kappa shape index (κ1) is 15.0. The predicted octanol–water partition coefficient (Wildman–Crippen LogP) is 1.54. The average molecular weight is 278 g/mol. The summed E-state index contributed by atoms with van der Waals surface area (Å²) in [5.74, 6) is -0.00921. The minimum Gasteiger partial charge on any atom is -0.348 e. The summed E-state index contributed by atoms with van der Waals surface area (Å²) in [6.07, 6.45) is 2.04. The molecule has 1 aromatic rings. The monoisotopic (exact) mass is 278 g/mol. The van der Waals surface area contributed by atoms with Gasteiger partial charge < -0.3 is 10.2 Å². The molecular weight excluding hydrogens is 252 g/mol. The van der Waals surface area contributed by atoms with Crippen molar-refractivity contribution in [1.82, 2.24) is 20.0 Å². The number of hydrogen-bond donors (Lipinski definition) is 1. The van der Waals surface area contributed by atoms with Gasteiger partial charge in [-0.15, -0.1) is 0 Å². The van der Waals surface area contributed by atoms with Gasteiger partial charge in [0.15, 0.2) is 0 Å². The molecule has 2 rings (SSSR count). The van der Waals surface area contributed by atoms with Gasteiger partial charge in [-0.25, -0.2) is 0 Å². The molecule has 0 aromatic carbocycles. The van der Waals surface area contributed by atoms with Crippen molar-refractivity contribution < 1.29 is 4.79 Å². The second-order valence-electron chi connectivity index (χ2n) is 6.84. The minimum absolute atomic E-state index is 0.00921. The summed E-state index contributed by atoms with van der Waals surface area (Å²) in [4.78, 5) is 14.7. The number of carbonyl (C=O) groups excluding carboxylic acids is 1. The largest absolute Gasteiger partial charge is 0.348 e. The van der Waals surface area contributed by atoms with Crippen LogP contribution in [0.1, 0.15) is 49.8 Å². The number of nitrogens with one attached hydrogen (secondary N) is 1. The first-order chi connectivity index (χ1) is 9.27. The summed E-state index contributed by atoms with van der Waals surface area (Å²) in [7, 11) is 3.95. The van der Waals surface area contributed by atoms with Crippen LogP contribution in [0, 0.1) is 0 Å². The molecule has 1 aliphatic rings. The van der Waals surface area contributed by atoms with Crippen LogP contribution in [0.3, 0.4) is 0 Å². The molecule has 0 aliphatic carbocycles. The quantitative estimate of drug-likeness (QED) is 0.893. The highest BCUT2D eigenvalue weighted by Gasteiger charge is 2.24. The Balaban J connectivity index is 2.04. The van der Waals surface area contributed by atoms with Crippen LogP contribution in [0.15, 0.2) is 6.07 Å². The van der Waals surface area contributed by atoms with Crippen molar-refractivity contribution in [2.24, 2.45) is 7.05 Å².